The van der Waals surface area contributed by atoms with E-state index in [0.717, 1.165) is 56.0 Å². The average molecular weight is 690 g/mol. The van der Waals surface area contributed by atoms with E-state index in [0.29, 0.717) is 0 Å². The Morgan fingerprint density at radius 1 is 0.315 bits per heavy atom. The second-order valence-corrected chi connectivity index (χ2v) is 13.7. The number of fused-ring (bicyclic) bond motifs is 4. The highest BCUT2D eigenvalue weighted by atomic mass is 16.3. The summed E-state index contributed by atoms with van der Waals surface area (Å²) < 4.78 is 6.67. The van der Waals surface area contributed by atoms with Gasteiger partial charge in [0.2, 0.25) is 0 Å². The summed E-state index contributed by atoms with van der Waals surface area (Å²) in [6.07, 6.45) is 0. The van der Waals surface area contributed by atoms with E-state index in [4.69, 9.17) is 4.42 Å². The normalized spacial score (nSPS) is 11.3. The third kappa shape index (κ3) is 5.62. The van der Waals surface area contributed by atoms with Gasteiger partial charge < -0.3 is 9.32 Å². The third-order valence-electron chi connectivity index (χ3n) is 10.4. The molecule has 0 atom stereocenters. The first kappa shape index (κ1) is 31.6. The van der Waals surface area contributed by atoms with Crippen molar-refractivity contribution in [1.29, 1.82) is 0 Å². The lowest BCUT2D eigenvalue weighted by Crippen LogP contribution is -2.10. The molecule has 0 saturated heterocycles. The van der Waals surface area contributed by atoms with Gasteiger partial charge in [-0.15, -0.1) is 0 Å². The molecule has 0 saturated carbocycles. The molecule has 2 heteroatoms. The Morgan fingerprint density at radius 2 is 0.870 bits per heavy atom. The van der Waals surface area contributed by atoms with Crippen LogP contribution in [0.15, 0.2) is 217 Å². The topological polar surface area (TPSA) is 16.4 Å². The van der Waals surface area contributed by atoms with Crippen LogP contribution in [0.25, 0.3) is 77.2 Å². The zero-order valence-corrected chi connectivity index (χ0v) is 29.6. The van der Waals surface area contributed by atoms with Crippen LogP contribution in [0.4, 0.5) is 17.1 Å². The molecule has 2 nitrogen and oxygen atoms in total. The van der Waals surface area contributed by atoms with Gasteiger partial charge in [0.1, 0.15) is 11.3 Å². The molecule has 10 aromatic rings. The summed E-state index contributed by atoms with van der Waals surface area (Å²) in [5.41, 5.74) is 12.1. The first-order valence-corrected chi connectivity index (χ1v) is 18.4. The van der Waals surface area contributed by atoms with Gasteiger partial charge in [0.25, 0.3) is 0 Å². The van der Waals surface area contributed by atoms with E-state index in [1.165, 1.54) is 38.2 Å². The maximum Gasteiger partial charge on any atom is 0.143 e. The Hall–Kier alpha value is -7.16. The molecule has 0 bridgehead atoms. The van der Waals surface area contributed by atoms with E-state index >= 15 is 0 Å². The molecule has 0 fully saturated rings. The quantitative estimate of drug-likeness (QED) is 0.155. The SMILES string of the molecule is c1ccc(-c2cccc(N(c3ccc(-c4cc5ccccc5c5ccccc45)cc3)c3cccc(-c4oc5ccccc5c4-c4ccccc4)c3)c2)cc1. The Balaban J connectivity index is 1.13. The monoisotopic (exact) mass is 689 g/mol. The molecule has 0 spiro atoms. The number of benzene rings is 9. The van der Waals surface area contributed by atoms with Gasteiger partial charge in [-0.3, -0.25) is 0 Å². The number of anilines is 3. The number of rotatable bonds is 7. The Labute approximate surface area is 314 Å². The molecule has 0 aliphatic carbocycles. The van der Waals surface area contributed by atoms with Gasteiger partial charge in [0, 0.05) is 33.6 Å². The summed E-state index contributed by atoms with van der Waals surface area (Å²) in [6, 6.07) is 75.7. The van der Waals surface area contributed by atoms with Crippen LogP contribution in [0.5, 0.6) is 0 Å². The van der Waals surface area contributed by atoms with Crippen LogP contribution in [0.3, 0.4) is 0 Å². The highest BCUT2D eigenvalue weighted by Crippen LogP contribution is 2.44. The van der Waals surface area contributed by atoms with Crippen molar-refractivity contribution in [2.75, 3.05) is 4.90 Å². The van der Waals surface area contributed by atoms with Gasteiger partial charge in [-0.05, 0) is 97.9 Å². The van der Waals surface area contributed by atoms with E-state index in [1.54, 1.807) is 0 Å². The van der Waals surface area contributed by atoms with E-state index in [9.17, 15) is 0 Å². The van der Waals surface area contributed by atoms with Gasteiger partial charge in [0.15, 0.2) is 0 Å². The molecule has 1 aromatic heterocycles. The Bertz CT molecular complexity index is 2920. The fraction of sp³-hybridized carbons (Fsp3) is 0. The van der Waals surface area contributed by atoms with E-state index < -0.39 is 0 Å². The molecule has 10 rings (SSSR count). The number of furan rings is 1. The van der Waals surface area contributed by atoms with Crippen LogP contribution in [-0.4, -0.2) is 0 Å². The second-order valence-electron chi connectivity index (χ2n) is 13.7. The van der Waals surface area contributed by atoms with Gasteiger partial charge in [0.05, 0.1) is 0 Å². The van der Waals surface area contributed by atoms with Crippen molar-refractivity contribution in [3.63, 3.8) is 0 Å². The zero-order chi connectivity index (χ0) is 35.8. The van der Waals surface area contributed by atoms with Crippen molar-refractivity contribution in [3.8, 4) is 44.7 Å². The maximum absolute atomic E-state index is 6.67. The number of hydrogen-bond donors (Lipinski definition) is 0. The lowest BCUT2D eigenvalue weighted by Gasteiger charge is -2.27. The highest BCUT2D eigenvalue weighted by Gasteiger charge is 2.20. The molecule has 9 aromatic carbocycles. The van der Waals surface area contributed by atoms with Crippen molar-refractivity contribution < 1.29 is 4.42 Å². The van der Waals surface area contributed by atoms with Gasteiger partial charge in [-0.2, -0.15) is 0 Å². The Morgan fingerprint density at radius 3 is 1.61 bits per heavy atom. The minimum Gasteiger partial charge on any atom is -0.455 e. The minimum absolute atomic E-state index is 0.862. The standard InChI is InChI=1S/C52H35NO/c1-3-15-36(16-4-1)39-20-13-22-43(33-39)53(42-31-29-37(30-32-42)49-35-40-19-7-8-24-45(40)46-25-9-10-26-47(46)49)44-23-14-21-41(34-44)52-51(38-17-5-2-6-18-38)48-27-11-12-28-50(48)54-52/h1-35H. The molecule has 0 radical (unpaired) electrons. The predicted octanol–water partition coefficient (Wildman–Crippen LogP) is 14.9. The van der Waals surface area contributed by atoms with Crippen molar-refractivity contribution in [3.05, 3.63) is 212 Å². The fourth-order valence-electron chi connectivity index (χ4n) is 7.91. The first-order valence-electron chi connectivity index (χ1n) is 18.4. The van der Waals surface area contributed by atoms with Gasteiger partial charge in [-0.1, -0.05) is 164 Å². The van der Waals surface area contributed by atoms with E-state index in [-0.39, 0.29) is 0 Å². The van der Waals surface area contributed by atoms with Crippen LogP contribution in [0.1, 0.15) is 0 Å². The van der Waals surface area contributed by atoms with Crippen LogP contribution in [0, 0.1) is 0 Å². The molecule has 0 N–H and O–H groups in total. The minimum atomic E-state index is 0.862. The third-order valence-corrected chi connectivity index (χ3v) is 10.4. The summed E-state index contributed by atoms with van der Waals surface area (Å²) >= 11 is 0. The smallest absolute Gasteiger partial charge is 0.143 e. The molecule has 54 heavy (non-hydrogen) atoms. The second kappa shape index (κ2) is 13.4. The van der Waals surface area contributed by atoms with Crippen LogP contribution in [-0.2, 0) is 0 Å². The van der Waals surface area contributed by atoms with Crippen molar-refractivity contribution in [1.82, 2.24) is 0 Å². The molecule has 0 aliphatic heterocycles. The molecule has 254 valence electrons. The summed E-state index contributed by atoms with van der Waals surface area (Å²) in [7, 11) is 0. The first-order chi connectivity index (χ1) is 26.8. The van der Waals surface area contributed by atoms with Crippen LogP contribution >= 0.6 is 0 Å². The van der Waals surface area contributed by atoms with Crippen LogP contribution in [0.2, 0.25) is 0 Å². The highest BCUT2D eigenvalue weighted by molar-refractivity contribution is 6.13. The number of para-hydroxylation sites is 1. The van der Waals surface area contributed by atoms with E-state index in [2.05, 4.69) is 211 Å². The lowest BCUT2D eigenvalue weighted by molar-refractivity contribution is 0.632. The maximum atomic E-state index is 6.67. The van der Waals surface area contributed by atoms with Crippen molar-refractivity contribution in [2.24, 2.45) is 0 Å². The number of hydrogen-bond acceptors (Lipinski definition) is 2. The summed E-state index contributed by atoms with van der Waals surface area (Å²) in [4.78, 5) is 2.35. The predicted molar refractivity (Wildman–Crippen MR) is 228 cm³/mol. The number of nitrogens with zero attached hydrogens (tertiary/aromatic N) is 1. The van der Waals surface area contributed by atoms with Crippen molar-refractivity contribution >= 4 is 49.6 Å². The van der Waals surface area contributed by atoms with Gasteiger partial charge >= 0.3 is 0 Å². The summed E-state index contributed by atoms with van der Waals surface area (Å²) in [5.74, 6) is 0.862. The average Bonchev–Trinajstić information content (AvgIpc) is 3.65. The van der Waals surface area contributed by atoms with E-state index in [1.807, 2.05) is 6.07 Å². The van der Waals surface area contributed by atoms with Gasteiger partial charge in [-0.25, -0.2) is 0 Å². The molecule has 1 heterocycles. The molecular weight excluding hydrogens is 655 g/mol. The summed E-state index contributed by atoms with van der Waals surface area (Å²) in [6.45, 7) is 0. The molecule has 0 unspecified atom stereocenters. The fourth-order valence-corrected chi connectivity index (χ4v) is 7.91. The lowest BCUT2D eigenvalue weighted by atomic mass is 9.93. The van der Waals surface area contributed by atoms with Crippen molar-refractivity contribution in [2.45, 2.75) is 0 Å². The Kier molecular flexibility index (Phi) is 7.85. The molecule has 0 aliphatic rings. The zero-order valence-electron chi connectivity index (χ0n) is 29.6. The molecular formula is C52H35NO. The largest absolute Gasteiger partial charge is 0.455 e. The summed E-state index contributed by atoms with van der Waals surface area (Å²) in [5, 5.41) is 6.15. The molecule has 0 amide bonds. The van der Waals surface area contributed by atoms with Crippen LogP contribution < -0.4 is 4.90 Å².